The molecule has 3 aromatic rings. The summed E-state index contributed by atoms with van der Waals surface area (Å²) in [5.74, 6) is -0.824. The van der Waals surface area contributed by atoms with E-state index in [4.69, 9.17) is 0 Å². The van der Waals surface area contributed by atoms with Gasteiger partial charge in [0, 0.05) is 35.2 Å². The van der Waals surface area contributed by atoms with Crippen molar-refractivity contribution in [2.45, 2.75) is 11.7 Å². The van der Waals surface area contributed by atoms with Crippen LogP contribution in [0.5, 0.6) is 0 Å². The molecule has 29 heavy (non-hydrogen) atoms. The summed E-state index contributed by atoms with van der Waals surface area (Å²) in [6, 6.07) is 11.0. The van der Waals surface area contributed by atoms with Crippen LogP contribution < -0.4 is 0 Å². The molecule has 1 aliphatic rings. The van der Waals surface area contributed by atoms with Crippen LogP contribution in [0.1, 0.15) is 27.7 Å². The summed E-state index contributed by atoms with van der Waals surface area (Å²) in [4.78, 5) is 14.6. The Hall–Kier alpha value is -2.74. The lowest BCUT2D eigenvalue weighted by Crippen LogP contribution is -2.33. The van der Waals surface area contributed by atoms with Crippen LogP contribution in [0.15, 0.2) is 48.5 Å². The largest absolute Gasteiger partial charge is 0.336 e. The molecule has 1 aromatic heterocycles. The molecule has 0 bridgehead atoms. The number of hydrogen-bond donors (Lipinski definition) is 1. The van der Waals surface area contributed by atoms with Crippen LogP contribution >= 0.6 is 11.8 Å². The Labute approximate surface area is 170 Å². The number of halogens is 3. The number of aromatic nitrogens is 2. The second kappa shape index (κ2) is 8.32. The number of carbonyl (C=O) groups excluding carboxylic acids is 1. The Morgan fingerprint density at radius 2 is 1.79 bits per heavy atom. The third-order valence-corrected chi connectivity index (χ3v) is 6.19. The molecule has 4 rings (SSSR count). The molecule has 0 saturated carbocycles. The lowest BCUT2D eigenvalue weighted by Gasteiger charge is -2.19. The molecule has 1 N–H and O–H groups in total. The third kappa shape index (κ3) is 4.32. The molecule has 0 aliphatic carbocycles. The zero-order chi connectivity index (χ0) is 20.4. The van der Waals surface area contributed by atoms with E-state index in [9.17, 15) is 18.0 Å². The molecular weight excluding hydrogens is 399 g/mol. The van der Waals surface area contributed by atoms with E-state index in [1.807, 2.05) is 0 Å². The fourth-order valence-corrected chi connectivity index (χ4v) is 4.60. The summed E-state index contributed by atoms with van der Waals surface area (Å²) in [5, 5.41) is 6.68. The van der Waals surface area contributed by atoms with Crippen molar-refractivity contribution in [2.75, 3.05) is 18.8 Å². The van der Waals surface area contributed by atoms with E-state index >= 15 is 0 Å². The number of hydrogen-bond acceptors (Lipinski definition) is 3. The van der Waals surface area contributed by atoms with Gasteiger partial charge in [0.1, 0.15) is 23.1 Å². The van der Waals surface area contributed by atoms with Gasteiger partial charge in [0.15, 0.2) is 0 Å². The molecule has 1 saturated heterocycles. The van der Waals surface area contributed by atoms with Crippen LogP contribution in [0.4, 0.5) is 13.2 Å². The van der Waals surface area contributed by atoms with E-state index in [2.05, 4.69) is 10.2 Å². The lowest BCUT2D eigenvalue weighted by atomic mass is 10.1. The minimum absolute atomic E-state index is 0.202. The van der Waals surface area contributed by atoms with E-state index in [0.717, 1.165) is 12.1 Å². The Bertz CT molecular complexity index is 1020. The molecule has 8 heteroatoms. The van der Waals surface area contributed by atoms with Gasteiger partial charge < -0.3 is 4.90 Å². The molecule has 1 aliphatic heterocycles. The van der Waals surface area contributed by atoms with Crippen molar-refractivity contribution >= 4 is 17.7 Å². The molecule has 1 unspecified atom stereocenters. The van der Waals surface area contributed by atoms with Gasteiger partial charge in [-0.05, 0) is 55.0 Å². The number of nitrogens with zero attached hydrogens (tertiary/aromatic N) is 2. The Morgan fingerprint density at radius 3 is 2.59 bits per heavy atom. The summed E-state index contributed by atoms with van der Waals surface area (Å²) in [6.07, 6.45) is 0.524. The van der Waals surface area contributed by atoms with Gasteiger partial charge in [-0.3, -0.25) is 9.89 Å². The molecular formula is C21H18F3N3OS. The summed E-state index contributed by atoms with van der Waals surface area (Å²) in [6.45, 7) is 0.930. The summed E-state index contributed by atoms with van der Waals surface area (Å²) in [7, 11) is 0. The Balaban J connectivity index is 1.46. The van der Waals surface area contributed by atoms with Crippen molar-refractivity contribution in [3.63, 3.8) is 0 Å². The number of rotatable bonds is 3. The van der Waals surface area contributed by atoms with Crippen molar-refractivity contribution in [2.24, 2.45) is 0 Å². The van der Waals surface area contributed by atoms with Crippen molar-refractivity contribution in [3.05, 3.63) is 77.2 Å². The van der Waals surface area contributed by atoms with Crippen LogP contribution in [0.2, 0.25) is 0 Å². The molecule has 0 spiro atoms. The maximum atomic E-state index is 14.1. The zero-order valence-electron chi connectivity index (χ0n) is 15.4. The van der Waals surface area contributed by atoms with E-state index in [1.165, 1.54) is 30.0 Å². The van der Waals surface area contributed by atoms with Gasteiger partial charge in [0.2, 0.25) is 0 Å². The molecule has 150 valence electrons. The molecule has 1 atom stereocenters. The first-order chi connectivity index (χ1) is 14.0. The van der Waals surface area contributed by atoms with E-state index in [0.29, 0.717) is 47.8 Å². The normalized spacial score (nSPS) is 17.2. The van der Waals surface area contributed by atoms with Crippen molar-refractivity contribution in [3.8, 4) is 11.3 Å². The Kier molecular flexibility index (Phi) is 5.62. The summed E-state index contributed by atoms with van der Waals surface area (Å²) in [5.41, 5.74) is 1.93. The number of benzene rings is 2. The van der Waals surface area contributed by atoms with Gasteiger partial charge in [0.25, 0.3) is 5.91 Å². The lowest BCUT2D eigenvalue weighted by molar-refractivity contribution is 0.0760. The quantitative estimate of drug-likeness (QED) is 0.665. The van der Waals surface area contributed by atoms with Crippen LogP contribution in [0.3, 0.4) is 0 Å². The molecule has 4 nitrogen and oxygen atoms in total. The second-order valence-electron chi connectivity index (χ2n) is 6.78. The van der Waals surface area contributed by atoms with Gasteiger partial charge in [0.05, 0.1) is 5.69 Å². The minimum atomic E-state index is -0.468. The van der Waals surface area contributed by atoms with Crippen molar-refractivity contribution in [1.29, 1.82) is 0 Å². The highest BCUT2D eigenvalue weighted by molar-refractivity contribution is 7.99. The predicted octanol–water partition coefficient (Wildman–Crippen LogP) is 4.81. The number of amides is 1. The maximum absolute atomic E-state index is 14.1. The standard InChI is InChI=1S/C21H18F3N3OS/c22-14-3-1-13(2-4-14)18-12-19(26-25-18)21(28)27-8-7-20(29-10-9-27)16-11-15(23)5-6-17(16)24/h1-6,11-12,20H,7-10H2,(H,25,26). The van der Waals surface area contributed by atoms with Crippen molar-refractivity contribution in [1.82, 2.24) is 15.1 Å². The molecule has 2 aromatic carbocycles. The van der Waals surface area contributed by atoms with Crippen LogP contribution in [0, 0.1) is 17.5 Å². The average molecular weight is 417 g/mol. The fraction of sp³-hybridized carbons (Fsp3) is 0.238. The highest BCUT2D eigenvalue weighted by Crippen LogP contribution is 2.36. The smallest absolute Gasteiger partial charge is 0.271 e. The number of carbonyl (C=O) groups is 1. The average Bonchev–Trinajstić information content (AvgIpc) is 3.08. The fourth-order valence-electron chi connectivity index (χ4n) is 3.35. The SMILES string of the molecule is O=C(c1cc(-c2ccc(F)cc2)n[nH]1)N1CCSC(c2cc(F)ccc2F)CC1. The van der Waals surface area contributed by atoms with Gasteiger partial charge in [-0.1, -0.05) is 0 Å². The van der Waals surface area contributed by atoms with E-state index in [1.54, 1.807) is 23.1 Å². The molecule has 1 fully saturated rings. The first kappa shape index (κ1) is 19.6. The van der Waals surface area contributed by atoms with Crippen LogP contribution in [-0.2, 0) is 0 Å². The monoisotopic (exact) mass is 417 g/mol. The van der Waals surface area contributed by atoms with Gasteiger partial charge in [-0.2, -0.15) is 16.9 Å². The molecule has 2 heterocycles. The number of nitrogens with one attached hydrogen (secondary N) is 1. The Morgan fingerprint density at radius 1 is 1.03 bits per heavy atom. The highest BCUT2D eigenvalue weighted by Gasteiger charge is 2.26. The first-order valence-corrected chi connectivity index (χ1v) is 10.2. The first-order valence-electron chi connectivity index (χ1n) is 9.18. The highest BCUT2D eigenvalue weighted by atomic mass is 32.2. The van der Waals surface area contributed by atoms with Gasteiger partial charge in [-0.25, -0.2) is 13.2 Å². The van der Waals surface area contributed by atoms with Gasteiger partial charge >= 0.3 is 0 Å². The second-order valence-corrected chi connectivity index (χ2v) is 8.09. The third-order valence-electron chi connectivity index (χ3n) is 4.88. The molecule has 1 amide bonds. The zero-order valence-corrected chi connectivity index (χ0v) is 16.2. The molecule has 0 radical (unpaired) electrons. The predicted molar refractivity (Wildman–Crippen MR) is 106 cm³/mol. The maximum Gasteiger partial charge on any atom is 0.271 e. The van der Waals surface area contributed by atoms with Crippen LogP contribution in [-0.4, -0.2) is 39.8 Å². The number of aromatic amines is 1. The summed E-state index contributed by atoms with van der Waals surface area (Å²) >= 11 is 1.52. The van der Waals surface area contributed by atoms with Gasteiger partial charge in [-0.15, -0.1) is 0 Å². The van der Waals surface area contributed by atoms with E-state index < -0.39 is 11.6 Å². The topological polar surface area (TPSA) is 49.0 Å². The van der Waals surface area contributed by atoms with Crippen molar-refractivity contribution < 1.29 is 18.0 Å². The number of H-pyrrole nitrogens is 1. The van der Waals surface area contributed by atoms with E-state index in [-0.39, 0.29) is 17.0 Å². The van der Waals surface area contributed by atoms with Crippen LogP contribution in [0.25, 0.3) is 11.3 Å². The summed E-state index contributed by atoms with van der Waals surface area (Å²) < 4.78 is 40.7. The minimum Gasteiger partial charge on any atom is -0.336 e. The number of thioether (sulfide) groups is 1.